The third kappa shape index (κ3) is 3.09. The van der Waals surface area contributed by atoms with Gasteiger partial charge in [-0.25, -0.2) is 0 Å². The lowest BCUT2D eigenvalue weighted by Gasteiger charge is -2.32. The number of halogens is 3. The van der Waals surface area contributed by atoms with E-state index in [2.05, 4.69) is 79.9 Å². The van der Waals surface area contributed by atoms with E-state index in [1.165, 1.54) is 3.57 Å². The summed E-state index contributed by atoms with van der Waals surface area (Å²) in [7, 11) is 0. The van der Waals surface area contributed by atoms with Crippen LogP contribution in [0.4, 0.5) is 0 Å². The van der Waals surface area contributed by atoms with Crippen LogP contribution in [0.2, 0.25) is 0 Å². The van der Waals surface area contributed by atoms with Crippen molar-refractivity contribution < 1.29 is 9.84 Å². The van der Waals surface area contributed by atoms with Crippen molar-refractivity contribution in [2.45, 2.75) is 25.0 Å². The van der Waals surface area contributed by atoms with Crippen LogP contribution in [0.1, 0.15) is 12.8 Å². The van der Waals surface area contributed by atoms with Crippen LogP contribution in [0.3, 0.4) is 0 Å². The summed E-state index contributed by atoms with van der Waals surface area (Å²) in [6, 6.07) is 4.21. The molecule has 0 aliphatic heterocycles. The zero-order valence-electron chi connectivity index (χ0n) is 7.71. The van der Waals surface area contributed by atoms with Gasteiger partial charge >= 0.3 is 0 Å². The van der Waals surface area contributed by atoms with Crippen molar-refractivity contribution >= 4 is 67.8 Å². The van der Waals surface area contributed by atoms with Crippen LogP contribution in [0, 0.1) is 10.7 Å². The highest BCUT2D eigenvalue weighted by Gasteiger charge is 2.29. The van der Waals surface area contributed by atoms with E-state index < -0.39 is 0 Å². The molecular weight excluding hydrogens is 533 g/mol. The average Bonchev–Trinajstić information content (AvgIpc) is 2.07. The summed E-state index contributed by atoms with van der Waals surface area (Å²) < 4.78 is 9.37. The molecule has 82 valence electrons. The van der Waals surface area contributed by atoms with E-state index in [-0.39, 0.29) is 12.2 Å². The summed E-state index contributed by atoms with van der Waals surface area (Å²) in [4.78, 5) is 0. The van der Waals surface area contributed by atoms with Crippen molar-refractivity contribution in [3.63, 3.8) is 0 Å². The maximum atomic E-state index is 9.19. The molecule has 5 heteroatoms. The lowest BCUT2D eigenvalue weighted by atomic mass is 9.92. The van der Waals surface area contributed by atoms with Gasteiger partial charge in [0.25, 0.3) is 0 Å². The van der Waals surface area contributed by atoms with Gasteiger partial charge in [-0.1, -0.05) is 0 Å². The van der Waals surface area contributed by atoms with Gasteiger partial charge in [0.1, 0.15) is 11.9 Å². The quantitative estimate of drug-likeness (QED) is 0.582. The van der Waals surface area contributed by atoms with Crippen LogP contribution in [0.15, 0.2) is 12.1 Å². The van der Waals surface area contributed by atoms with Gasteiger partial charge in [0.05, 0.1) is 13.2 Å². The second-order valence-corrected chi connectivity index (χ2v) is 7.13. The maximum Gasteiger partial charge on any atom is 0.146 e. The molecule has 0 unspecified atom stereocenters. The topological polar surface area (TPSA) is 29.5 Å². The molecule has 1 aromatic carbocycles. The Hall–Kier alpha value is 1.17. The van der Waals surface area contributed by atoms with Crippen molar-refractivity contribution in [2.75, 3.05) is 0 Å². The Bertz CT molecular complexity index is 352. The lowest BCUT2D eigenvalue weighted by Crippen LogP contribution is -2.37. The fraction of sp³-hybridized carbons (Fsp3) is 0.400. The van der Waals surface area contributed by atoms with E-state index in [9.17, 15) is 5.11 Å². The van der Waals surface area contributed by atoms with E-state index >= 15 is 0 Å². The Balaban J connectivity index is 2.14. The van der Waals surface area contributed by atoms with E-state index in [0.29, 0.717) is 0 Å². The number of hydrogen-bond donors (Lipinski definition) is 1. The molecule has 0 bridgehead atoms. The van der Waals surface area contributed by atoms with Gasteiger partial charge in [0.2, 0.25) is 0 Å². The molecule has 2 rings (SSSR count). The lowest BCUT2D eigenvalue weighted by molar-refractivity contribution is -0.0115. The predicted octanol–water partition coefficient (Wildman–Crippen LogP) is 3.40. The normalized spacial score (nSPS) is 24.8. The first-order valence-electron chi connectivity index (χ1n) is 4.55. The van der Waals surface area contributed by atoms with Crippen LogP contribution >= 0.6 is 67.8 Å². The molecule has 1 fully saturated rings. The molecular formula is C10H9I3O2. The molecule has 0 radical (unpaired) electrons. The summed E-state index contributed by atoms with van der Waals surface area (Å²) in [5.41, 5.74) is 0. The fourth-order valence-electron chi connectivity index (χ4n) is 1.44. The zero-order valence-corrected chi connectivity index (χ0v) is 14.2. The molecule has 0 aromatic heterocycles. The Morgan fingerprint density at radius 2 is 1.67 bits per heavy atom. The molecule has 1 N–H and O–H groups in total. The first kappa shape index (κ1) is 12.6. The molecule has 0 saturated heterocycles. The minimum absolute atomic E-state index is 0.158. The van der Waals surface area contributed by atoms with Crippen molar-refractivity contribution in [1.82, 2.24) is 0 Å². The van der Waals surface area contributed by atoms with Gasteiger partial charge in [-0.15, -0.1) is 0 Å². The van der Waals surface area contributed by atoms with Gasteiger partial charge in [-0.05, 0) is 79.9 Å². The fourth-order valence-corrected chi connectivity index (χ4v) is 5.28. The van der Waals surface area contributed by atoms with Gasteiger partial charge in [-0.3, -0.25) is 0 Å². The third-order valence-electron chi connectivity index (χ3n) is 2.32. The number of aliphatic hydroxyl groups is 1. The zero-order chi connectivity index (χ0) is 11.0. The number of aliphatic hydroxyl groups excluding tert-OH is 1. The van der Waals surface area contributed by atoms with Crippen LogP contribution < -0.4 is 4.74 Å². The first-order valence-corrected chi connectivity index (χ1v) is 7.79. The highest BCUT2D eigenvalue weighted by Crippen LogP contribution is 2.33. The minimum atomic E-state index is -0.158. The van der Waals surface area contributed by atoms with Crippen molar-refractivity contribution in [1.29, 1.82) is 0 Å². The summed E-state index contributed by atoms with van der Waals surface area (Å²) in [6.45, 7) is 0. The van der Waals surface area contributed by atoms with Crippen LogP contribution in [0.5, 0.6) is 5.75 Å². The van der Waals surface area contributed by atoms with Crippen LogP contribution in [-0.2, 0) is 0 Å². The number of ether oxygens (including phenoxy) is 1. The van der Waals surface area contributed by atoms with Crippen molar-refractivity contribution in [3.05, 3.63) is 22.8 Å². The van der Waals surface area contributed by atoms with E-state index in [0.717, 1.165) is 25.7 Å². The second-order valence-electron chi connectivity index (χ2n) is 3.56. The molecule has 1 aliphatic rings. The molecule has 2 nitrogen and oxygen atoms in total. The maximum absolute atomic E-state index is 9.19. The summed E-state index contributed by atoms with van der Waals surface area (Å²) in [5, 5.41) is 9.19. The first-order chi connectivity index (χ1) is 7.06. The molecule has 1 aliphatic carbocycles. The van der Waals surface area contributed by atoms with Crippen molar-refractivity contribution in [2.24, 2.45) is 0 Å². The third-order valence-corrected chi connectivity index (χ3v) is 4.54. The Labute approximate surface area is 130 Å². The minimum Gasteiger partial charge on any atom is -0.488 e. The number of rotatable bonds is 2. The van der Waals surface area contributed by atoms with Crippen LogP contribution in [-0.4, -0.2) is 17.3 Å². The smallest absolute Gasteiger partial charge is 0.146 e. The van der Waals surface area contributed by atoms with Gasteiger partial charge < -0.3 is 9.84 Å². The number of hydrogen-bond acceptors (Lipinski definition) is 2. The summed E-state index contributed by atoms with van der Waals surface area (Å²) >= 11 is 6.89. The van der Waals surface area contributed by atoms with Crippen LogP contribution in [0.25, 0.3) is 0 Å². The Morgan fingerprint density at radius 1 is 1.13 bits per heavy atom. The molecule has 0 amide bonds. The van der Waals surface area contributed by atoms with Crippen molar-refractivity contribution in [3.8, 4) is 5.75 Å². The summed E-state index contributed by atoms with van der Waals surface area (Å²) in [6.07, 6.45) is 1.56. The Kier molecular flexibility index (Phi) is 4.39. The van der Waals surface area contributed by atoms with Gasteiger partial charge in [0.15, 0.2) is 0 Å². The largest absolute Gasteiger partial charge is 0.488 e. The average molecular weight is 542 g/mol. The SMILES string of the molecule is OC1CC(Oc2c(I)cc(I)cc2I)C1. The summed E-state index contributed by atoms with van der Waals surface area (Å²) in [5.74, 6) is 0.966. The number of benzene rings is 1. The highest BCUT2D eigenvalue weighted by atomic mass is 127. The van der Waals surface area contributed by atoms with E-state index in [4.69, 9.17) is 4.74 Å². The standard InChI is InChI=1S/C10H9I3O2/c11-5-1-8(12)10(9(13)2-5)15-7-3-6(14)4-7/h1-2,6-7,14H,3-4H2. The highest BCUT2D eigenvalue weighted by molar-refractivity contribution is 14.1. The monoisotopic (exact) mass is 542 g/mol. The molecule has 1 aromatic rings. The van der Waals surface area contributed by atoms with Gasteiger partial charge in [0, 0.05) is 16.4 Å². The molecule has 0 atom stereocenters. The Morgan fingerprint density at radius 3 is 2.13 bits per heavy atom. The second kappa shape index (κ2) is 5.21. The van der Waals surface area contributed by atoms with E-state index in [1.807, 2.05) is 0 Å². The molecule has 15 heavy (non-hydrogen) atoms. The van der Waals surface area contributed by atoms with Gasteiger partial charge in [-0.2, -0.15) is 0 Å². The molecule has 0 heterocycles. The van der Waals surface area contributed by atoms with E-state index in [1.54, 1.807) is 0 Å². The molecule has 0 spiro atoms. The molecule has 1 saturated carbocycles. The predicted molar refractivity (Wildman–Crippen MR) is 84.2 cm³/mol.